The molecule has 3 nitrogen and oxygen atoms in total. The van der Waals surface area contributed by atoms with Crippen LogP contribution in [0.25, 0.3) is 0 Å². The monoisotopic (exact) mass is 285 g/mol. The lowest BCUT2D eigenvalue weighted by atomic mass is 10.0. The van der Waals surface area contributed by atoms with Gasteiger partial charge in [0.05, 0.1) is 5.56 Å². The van der Waals surface area contributed by atoms with Crippen LogP contribution < -0.4 is 10.6 Å². The molecule has 1 aliphatic heterocycles. The zero-order valence-electron chi connectivity index (χ0n) is 11.3. The van der Waals surface area contributed by atoms with E-state index in [1.165, 1.54) is 6.07 Å². The Bertz CT molecular complexity index is 511. The number of nitrogens with two attached hydrogens (primary N) is 1. The van der Waals surface area contributed by atoms with Gasteiger partial charge in [-0.2, -0.15) is 13.2 Å². The zero-order valence-corrected chi connectivity index (χ0v) is 11.3. The second-order valence-corrected chi connectivity index (χ2v) is 5.04. The molecule has 0 bridgehead atoms. The lowest BCUT2D eigenvalue weighted by Gasteiger charge is -2.27. The Hall–Kier alpha value is -1.72. The first-order chi connectivity index (χ1) is 9.34. The van der Waals surface area contributed by atoms with E-state index in [0.29, 0.717) is 11.7 Å². The summed E-state index contributed by atoms with van der Waals surface area (Å²) in [6, 6.07) is 4.33. The Morgan fingerprint density at radius 2 is 2.15 bits per heavy atom. The van der Waals surface area contributed by atoms with E-state index in [1.54, 1.807) is 6.07 Å². The molecule has 1 aromatic rings. The van der Waals surface area contributed by atoms with Gasteiger partial charge in [0.15, 0.2) is 0 Å². The summed E-state index contributed by atoms with van der Waals surface area (Å²) < 4.78 is 39.3. The minimum atomic E-state index is -4.50. The maximum absolute atomic E-state index is 13.1. The fraction of sp³-hybridized carbons (Fsp3) is 0.500. The van der Waals surface area contributed by atoms with E-state index in [2.05, 4.69) is 0 Å². The van der Waals surface area contributed by atoms with Crippen LogP contribution in [0, 0.1) is 5.41 Å². The van der Waals surface area contributed by atoms with Crippen molar-refractivity contribution in [2.24, 2.45) is 5.73 Å². The van der Waals surface area contributed by atoms with Crippen molar-refractivity contribution in [2.75, 3.05) is 11.4 Å². The SMILES string of the molecule is CCC1CCCN1c1ccc(C(=N)N)c(C(F)(F)F)c1. The summed E-state index contributed by atoms with van der Waals surface area (Å²) in [4.78, 5) is 2.01. The van der Waals surface area contributed by atoms with Crippen molar-refractivity contribution in [2.45, 2.75) is 38.4 Å². The molecule has 0 amide bonds. The number of amidine groups is 1. The maximum atomic E-state index is 13.1. The van der Waals surface area contributed by atoms with Crippen LogP contribution in [0.4, 0.5) is 18.9 Å². The summed E-state index contributed by atoms with van der Waals surface area (Å²) in [5.41, 5.74) is 4.71. The maximum Gasteiger partial charge on any atom is 0.417 e. The first-order valence-corrected chi connectivity index (χ1v) is 6.67. The van der Waals surface area contributed by atoms with Gasteiger partial charge in [-0.05, 0) is 37.5 Å². The van der Waals surface area contributed by atoms with Crippen molar-refractivity contribution in [3.63, 3.8) is 0 Å². The number of halogens is 3. The van der Waals surface area contributed by atoms with Crippen molar-refractivity contribution >= 4 is 11.5 Å². The van der Waals surface area contributed by atoms with Gasteiger partial charge in [-0.15, -0.1) is 0 Å². The van der Waals surface area contributed by atoms with Crippen molar-refractivity contribution in [1.82, 2.24) is 0 Å². The third-order valence-electron chi connectivity index (χ3n) is 3.78. The lowest BCUT2D eigenvalue weighted by Crippen LogP contribution is -2.29. The third-order valence-corrected chi connectivity index (χ3v) is 3.78. The number of hydrogen-bond acceptors (Lipinski definition) is 2. The predicted octanol–water partition coefficient (Wildman–Crippen LogP) is 3.37. The molecule has 1 aliphatic rings. The summed E-state index contributed by atoms with van der Waals surface area (Å²) in [6.07, 6.45) is -1.59. The predicted molar refractivity (Wildman–Crippen MR) is 73.1 cm³/mol. The van der Waals surface area contributed by atoms with Crippen LogP contribution in [-0.4, -0.2) is 18.4 Å². The number of alkyl halides is 3. The highest BCUT2D eigenvalue weighted by Crippen LogP contribution is 2.36. The fourth-order valence-electron chi connectivity index (χ4n) is 2.78. The molecule has 6 heteroatoms. The Labute approximate surface area is 116 Å². The first kappa shape index (κ1) is 14.7. The normalized spacial score (nSPS) is 19.4. The van der Waals surface area contributed by atoms with Gasteiger partial charge < -0.3 is 10.6 Å². The molecular weight excluding hydrogens is 267 g/mol. The molecule has 2 rings (SSSR count). The topological polar surface area (TPSA) is 53.1 Å². The highest BCUT2D eigenvalue weighted by molar-refractivity contribution is 5.97. The first-order valence-electron chi connectivity index (χ1n) is 6.67. The lowest BCUT2D eigenvalue weighted by molar-refractivity contribution is -0.137. The molecule has 1 saturated heterocycles. The van der Waals surface area contributed by atoms with E-state index in [1.807, 2.05) is 11.8 Å². The molecule has 1 heterocycles. The molecule has 1 atom stereocenters. The van der Waals surface area contributed by atoms with Crippen LogP contribution in [0.15, 0.2) is 18.2 Å². The van der Waals surface area contributed by atoms with Crippen molar-refractivity contribution in [1.29, 1.82) is 5.41 Å². The van der Waals surface area contributed by atoms with Crippen LogP contribution in [0.3, 0.4) is 0 Å². The van der Waals surface area contributed by atoms with Gasteiger partial charge in [0, 0.05) is 23.8 Å². The van der Waals surface area contributed by atoms with E-state index < -0.39 is 17.6 Å². The molecule has 3 N–H and O–H groups in total. The van der Waals surface area contributed by atoms with Crippen LogP contribution in [0.5, 0.6) is 0 Å². The summed E-state index contributed by atoms with van der Waals surface area (Å²) >= 11 is 0. The molecule has 1 aromatic carbocycles. The van der Waals surface area contributed by atoms with Crippen molar-refractivity contribution in [3.05, 3.63) is 29.3 Å². The number of nitrogens with zero attached hydrogens (tertiary/aromatic N) is 1. The van der Waals surface area contributed by atoms with E-state index in [-0.39, 0.29) is 5.56 Å². The van der Waals surface area contributed by atoms with Gasteiger partial charge in [-0.1, -0.05) is 6.92 Å². The Morgan fingerprint density at radius 1 is 1.45 bits per heavy atom. The number of benzene rings is 1. The van der Waals surface area contributed by atoms with E-state index >= 15 is 0 Å². The Balaban J connectivity index is 2.44. The van der Waals surface area contributed by atoms with E-state index in [9.17, 15) is 13.2 Å². The van der Waals surface area contributed by atoms with Gasteiger partial charge in [0.2, 0.25) is 0 Å². The Morgan fingerprint density at radius 3 is 2.70 bits per heavy atom. The van der Waals surface area contributed by atoms with Gasteiger partial charge >= 0.3 is 6.18 Å². The second-order valence-electron chi connectivity index (χ2n) is 5.04. The molecule has 110 valence electrons. The number of nitrogens with one attached hydrogen (secondary N) is 1. The van der Waals surface area contributed by atoms with Gasteiger partial charge in [0.25, 0.3) is 0 Å². The highest BCUT2D eigenvalue weighted by atomic mass is 19.4. The van der Waals surface area contributed by atoms with Crippen LogP contribution >= 0.6 is 0 Å². The summed E-state index contributed by atoms with van der Waals surface area (Å²) in [5.74, 6) is -0.558. The van der Waals surface area contributed by atoms with Gasteiger partial charge in [0.1, 0.15) is 5.84 Å². The van der Waals surface area contributed by atoms with E-state index in [4.69, 9.17) is 11.1 Å². The molecule has 1 fully saturated rings. The van der Waals surface area contributed by atoms with Crippen molar-refractivity contribution in [3.8, 4) is 0 Å². The summed E-state index contributed by atoms with van der Waals surface area (Å²) in [5, 5.41) is 7.28. The Kier molecular flexibility index (Phi) is 3.92. The average Bonchev–Trinajstić information content (AvgIpc) is 2.85. The van der Waals surface area contributed by atoms with Gasteiger partial charge in [-0.25, -0.2) is 0 Å². The van der Waals surface area contributed by atoms with Gasteiger partial charge in [-0.3, -0.25) is 5.41 Å². The molecule has 0 saturated carbocycles. The molecule has 0 radical (unpaired) electrons. The van der Waals surface area contributed by atoms with Crippen LogP contribution in [0.2, 0.25) is 0 Å². The number of hydrogen-bond donors (Lipinski definition) is 2. The number of nitrogen functional groups attached to an aromatic ring is 1. The second kappa shape index (κ2) is 5.34. The number of anilines is 1. The fourth-order valence-corrected chi connectivity index (χ4v) is 2.78. The summed E-state index contributed by atoms with van der Waals surface area (Å²) in [6.45, 7) is 2.81. The molecule has 1 unspecified atom stereocenters. The largest absolute Gasteiger partial charge is 0.417 e. The highest BCUT2D eigenvalue weighted by Gasteiger charge is 2.35. The smallest absolute Gasteiger partial charge is 0.384 e. The van der Waals surface area contributed by atoms with Crippen molar-refractivity contribution < 1.29 is 13.2 Å². The standard InChI is InChI=1S/C14H18F3N3/c1-2-9-4-3-7-20(9)10-5-6-11(13(18)19)12(8-10)14(15,16)17/h5-6,8-9H,2-4,7H2,1H3,(H3,18,19). The van der Waals surface area contributed by atoms with E-state index in [0.717, 1.165) is 31.9 Å². The quantitative estimate of drug-likeness (QED) is 0.661. The van der Waals surface area contributed by atoms with Crippen LogP contribution in [0.1, 0.15) is 37.3 Å². The third kappa shape index (κ3) is 2.73. The molecular formula is C14H18F3N3. The summed E-state index contributed by atoms with van der Waals surface area (Å²) in [7, 11) is 0. The minimum Gasteiger partial charge on any atom is -0.384 e. The zero-order chi connectivity index (χ0) is 14.9. The minimum absolute atomic E-state index is 0.256. The number of rotatable bonds is 3. The van der Waals surface area contributed by atoms with Crippen LogP contribution in [-0.2, 0) is 6.18 Å². The molecule has 0 aromatic heterocycles. The molecule has 0 aliphatic carbocycles. The molecule has 0 spiro atoms. The molecule has 20 heavy (non-hydrogen) atoms. The average molecular weight is 285 g/mol.